The molecule has 1 unspecified atom stereocenters. The van der Waals surface area contributed by atoms with Gasteiger partial charge in [-0.2, -0.15) is 0 Å². The second-order valence-corrected chi connectivity index (χ2v) is 5.02. The van der Waals surface area contributed by atoms with Crippen LogP contribution in [0, 0.1) is 0 Å². The van der Waals surface area contributed by atoms with Crippen LogP contribution in [0.3, 0.4) is 0 Å². The van der Waals surface area contributed by atoms with E-state index in [1.54, 1.807) is 33.3 Å². The van der Waals surface area contributed by atoms with E-state index >= 15 is 0 Å². The highest BCUT2D eigenvalue weighted by molar-refractivity contribution is 6.07. The fourth-order valence-corrected chi connectivity index (χ4v) is 2.30. The van der Waals surface area contributed by atoms with Gasteiger partial charge in [-0.3, -0.25) is 14.5 Å². The molecule has 0 aliphatic carbocycles. The summed E-state index contributed by atoms with van der Waals surface area (Å²) < 4.78 is 10.1. The van der Waals surface area contributed by atoms with Crippen LogP contribution in [-0.4, -0.2) is 51.8 Å². The molecule has 0 aromatic heterocycles. The van der Waals surface area contributed by atoms with Crippen molar-refractivity contribution in [1.29, 1.82) is 0 Å². The molecular weight excluding hydrogens is 286 g/mol. The summed E-state index contributed by atoms with van der Waals surface area (Å²) in [5.74, 6) is 0.332. The summed E-state index contributed by atoms with van der Waals surface area (Å²) in [7, 11) is 3.15. The van der Waals surface area contributed by atoms with Crippen molar-refractivity contribution in [3.05, 3.63) is 18.2 Å². The van der Waals surface area contributed by atoms with Crippen molar-refractivity contribution in [3.8, 4) is 5.75 Å². The molecule has 1 aromatic rings. The number of ether oxygens (including phenoxy) is 2. The zero-order valence-electron chi connectivity index (χ0n) is 13.0. The Morgan fingerprint density at radius 2 is 2.18 bits per heavy atom. The number of nitrogens with one attached hydrogen (secondary N) is 2. The lowest BCUT2D eigenvalue weighted by atomic mass is 10.1. The second-order valence-electron chi connectivity index (χ2n) is 5.02. The lowest BCUT2D eigenvalue weighted by molar-refractivity contribution is -0.124. The smallest absolute Gasteiger partial charge is 0.249 e. The molecule has 7 heteroatoms. The van der Waals surface area contributed by atoms with Gasteiger partial charge < -0.3 is 20.1 Å². The van der Waals surface area contributed by atoms with Gasteiger partial charge in [-0.1, -0.05) is 0 Å². The van der Waals surface area contributed by atoms with Crippen molar-refractivity contribution in [2.24, 2.45) is 0 Å². The zero-order valence-corrected chi connectivity index (χ0v) is 13.0. The molecule has 1 aliphatic heterocycles. The van der Waals surface area contributed by atoms with Crippen molar-refractivity contribution in [2.75, 3.05) is 44.1 Å². The molecule has 0 bridgehead atoms. The number of hydrogen-bond donors (Lipinski definition) is 2. The minimum atomic E-state index is -0.397. The number of anilines is 2. The van der Waals surface area contributed by atoms with Gasteiger partial charge in [-0.15, -0.1) is 0 Å². The third kappa shape index (κ3) is 3.48. The molecule has 120 valence electrons. The van der Waals surface area contributed by atoms with Crippen LogP contribution in [0.4, 0.5) is 11.4 Å². The van der Waals surface area contributed by atoms with Gasteiger partial charge in [0.25, 0.3) is 0 Å². The second kappa shape index (κ2) is 7.13. The van der Waals surface area contributed by atoms with Gasteiger partial charge in [0, 0.05) is 19.7 Å². The number of amides is 2. The first kappa shape index (κ1) is 16.1. The first-order valence-corrected chi connectivity index (χ1v) is 7.08. The molecule has 1 aromatic carbocycles. The molecule has 2 N–H and O–H groups in total. The lowest BCUT2D eigenvalue weighted by Gasteiger charge is -2.33. The number of nitrogens with zero attached hydrogens (tertiary/aromatic N) is 1. The Morgan fingerprint density at radius 1 is 1.41 bits per heavy atom. The molecule has 0 saturated carbocycles. The molecule has 1 heterocycles. The molecule has 1 atom stereocenters. The molecule has 2 rings (SSSR count). The quantitative estimate of drug-likeness (QED) is 0.753. The fourth-order valence-electron chi connectivity index (χ4n) is 2.30. The van der Waals surface area contributed by atoms with Crippen LogP contribution >= 0.6 is 0 Å². The van der Waals surface area contributed by atoms with Crippen LogP contribution in [-0.2, 0) is 14.3 Å². The summed E-state index contributed by atoms with van der Waals surface area (Å²) >= 11 is 0. The molecule has 0 radical (unpaired) electrons. The summed E-state index contributed by atoms with van der Waals surface area (Å²) in [6.07, 6.45) is 0. The Labute approximate surface area is 129 Å². The van der Waals surface area contributed by atoms with Crippen LogP contribution in [0.2, 0.25) is 0 Å². The highest BCUT2D eigenvalue weighted by Crippen LogP contribution is 2.34. The molecule has 0 fully saturated rings. The summed E-state index contributed by atoms with van der Waals surface area (Å²) in [4.78, 5) is 25.8. The lowest BCUT2D eigenvalue weighted by Crippen LogP contribution is -2.49. The van der Waals surface area contributed by atoms with Crippen molar-refractivity contribution in [3.63, 3.8) is 0 Å². The number of methoxy groups -OCH3 is 2. The van der Waals surface area contributed by atoms with Gasteiger partial charge in [0.15, 0.2) is 0 Å². The largest absolute Gasteiger partial charge is 0.497 e. The molecule has 0 spiro atoms. The van der Waals surface area contributed by atoms with E-state index in [4.69, 9.17) is 9.47 Å². The Bertz CT molecular complexity index is 562. The molecule has 2 amide bonds. The van der Waals surface area contributed by atoms with Crippen molar-refractivity contribution < 1.29 is 19.1 Å². The van der Waals surface area contributed by atoms with E-state index in [0.29, 0.717) is 24.6 Å². The number of hydrogen-bond acceptors (Lipinski definition) is 5. The van der Waals surface area contributed by atoms with Crippen molar-refractivity contribution in [1.82, 2.24) is 5.32 Å². The number of benzene rings is 1. The van der Waals surface area contributed by atoms with E-state index < -0.39 is 6.04 Å². The molecule has 22 heavy (non-hydrogen) atoms. The first-order valence-electron chi connectivity index (χ1n) is 7.08. The Kier molecular flexibility index (Phi) is 5.21. The average Bonchev–Trinajstić information content (AvgIpc) is 2.51. The minimum Gasteiger partial charge on any atom is -0.497 e. The number of rotatable bonds is 6. The van der Waals surface area contributed by atoms with Gasteiger partial charge in [0.05, 0.1) is 25.1 Å². The van der Waals surface area contributed by atoms with Crippen LogP contribution in [0.5, 0.6) is 5.75 Å². The molecule has 7 nitrogen and oxygen atoms in total. The highest BCUT2D eigenvalue weighted by Gasteiger charge is 2.31. The topological polar surface area (TPSA) is 79.9 Å². The van der Waals surface area contributed by atoms with Crippen molar-refractivity contribution in [2.45, 2.75) is 13.0 Å². The van der Waals surface area contributed by atoms with Gasteiger partial charge in [0.2, 0.25) is 11.8 Å². The minimum absolute atomic E-state index is 0.0199. The van der Waals surface area contributed by atoms with Gasteiger partial charge in [0.1, 0.15) is 18.3 Å². The van der Waals surface area contributed by atoms with Gasteiger partial charge in [-0.05, 0) is 19.1 Å². The number of carbonyl (C=O) groups excluding carboxylic acids is 2. The van der Waals surface area contributed by atoms with E-state index in [9.17, 15) is 9.59 Å². The normalized spacial score (nSPS) is 16.8. The summed E-state index contributed by atoms with van der Waals surface area (Å²) in [6.45, 7) is 2.60. The maximum Gasteiger partial charge on any atom is 0.249 e. The van der Waals surface area contributed by atoms with E-state index in [1.165, 1.54) is 4.90 Å². The maximum atomic E-state index is 12.3. The summed E-state index contributed by atoms with van der Waals surface area (Å²) in [5.41, 5.74) is 1.45. The van der Waals surface area contributed by atoms with Crippen molar-refractivity contribution >= 4 is 23.2 Å². The third-order valence-corrected chi connectivity index (χ3v) is 3.43. The highest BCUT2D eigenvalue weighted by atomic mass is 16.5. The third-order valence-electron chi connectivity index (χ3n) is 3.43. The van der Waals surface area contributed by atoms with Crippen LogP contribution in [0.1, 0.15) is 6.92 Å². The van der Waals surface area contributed by atoms with E-state index in [0.717, 1.165) is 5.69 Å². The van der Waals surface area contributed by atoms with E-state index in [-0.39, 0.29) is 18.4 Å². The summed E-state index contributed by atoms with van der Waals surface area (Å²) in [5, 5.41) is 5.83. The standard InChI is InChI=1S/C15H21N3O4/c1-10-15(20)18(9-14(19)16-6-7-21-2)13-5-4-11(22-3)8-12(13)17-10/h4-5,8,10,17H,6-7,9H2,1-3H3,(H,16,19). The predicted molar refractivity (Wildman–Crippen MR) is 83.3 cm³/mol. The molecule has 0 saturated heterocycles. The monoisotopic (exact) mass is 307 g/mol. The average molecular weight is 307 g/mol. The fraction of sp³-hybridized carbons (Fsp3) is 0.467. The van der Waals surface area contributed by atoms with Crippen LogP contribution in [0.15, 0.2) is 18.2 Å². The Hall–Kier alpha value is -2.28. The van der Waals surface area contributed by atoms with Crippen LogP contribution < -0.4 is 20.3 Å². The molecule has 1 aliphatic rings. The van der Waals surface area contributed by atoms with E-state index in [2.05, 4.69) is 10.6 Å². The van der Waals surface area contributed by atoms with Gasteiger partial charge >= 0.3 is 0 Å². The number of carbonyl (C=O) groups is 2. The predicted octanol–water partition coefficient (Wildman–Crippen LogP) is 0.605. The zero-order chi connectivity index (χ0) is 16.1. The number of fused-ring (bicyclic) bond motifs is 1. The molecular formula is C15H21N3O4. The van der Waals surface area contributed by atoms with Crippen LogP contribution in [0.25, 0.3) is 0 Å². The SMILES string of the molecule is COCCNC(=O)CN1C(=O)C(C)Nc2cc(OC)ccc21. The Balaban J connectivity index is 2.16. The maximum absolute atomic E-state index is 12.3. The van der Waals surface area contributed by atoms with E-state index in [1.807, 2.05) is 6.07 Å². The first-order chi connectivity index (χ1) is 10.6. The Morgan fingerprint density at radius 3 is 2.86 bits per heavy atom. The van der Waals surface area contributed by atoms with Gasteiger partial charge in [-0.25, -0.2) is 0 Å². The summed E-state index contributed by atoms with van der Waals surface area (Å²) in [6, 6.07) is 4.95.